The molecule has 0 N–H and O–H groups in total. The van der Waals surface area contributed by atoms with Gasteiger partial charge in [0.15, 0.2) is 6.79 Å². The van der Waals surface area contributed by atoms with Gasteiger partial charge in [0.1, 0.15) is 11.6 Å². The lowest BCUT2D eigenvalue weighted by molar-refractivity contribution is -0.144. The number of hydrogen-bond acceptors (Lipinski definition) is 5. The molecule has 5 nitrogen and oxygen atoms in total. The Bertz CT molecular complexity index is 1200. The molecule has 0 bridgehead atoms. The van der Waals surface area contributed by atoms with Crippen LogP contribution in [0.5, 0.6) is 5.75 Å². The Morgan fingerprint density at radius 2 is 1.63 bits per heavy atom. The van der Waals surface area contributed by atoms with E-state index in [1.165, 1.54) is 12.3 Å². The first-order chi connectivity index (χ1) is 17.1. The van der Waals surface area contributed by atoms with E-state index in [0.717, 1.165) is 29.2 Å². The summed E-state index contributed by atoms with van der Waals surface area (Å²) >= 11 is 0. The van der Waals surface area contributed by atoms with Crippen LogP contribution in [0, 0.1) is 17.7 Å². The third kappa shape index (κ3) is 8.18. The maximum Gasteiger partial charge on any atom is 0.333 e. The van der Waals surface area contributed by atoms with Gasteiger partial charge in [-0.25, -0.2) is 9.18 Å². The van der Waals surface area contributed by atoms with Gasteiger partial charge in [-0.1, -0.05) is 55.3 Å². The first-order valence-corrected chi connectivity index (χ1v) is 10.8. The van der Waals surface area contributed by atoms with Crippen LogP contribution in [0.4, 0.5) is 4.39 Å². The first kappa shape index (κ1) is 25.3. The van der Waals surface area contributed by atoms with Crippen molar-refractivity contribution in [2.45, 2.75) is 6.42 Å². The summed E-state index contributed by atoms with van der Waals surface area (Å²) < 4.78 is 35.1. The molecule has 3 rings (SSSR count). The van der Waals surface area contributed by atoms with Crippen LogP contribution in [-0.4, -0.2) is 26.2 Å². The van der Waals surface area contributed by atoms with Gasteiger partial charge in [0.05, 0.1) is 12.9 Å². The minimum Gasteiger partial charge on any atom is -0.476 e. The molecule has 35 heavy (non-hydrogen) atoms. The molecular formula is C29H25FO5. The van der Waals surface area contributed by atoms with Crippen LogP contribution >= 0.6 is 0 Å². The molecule has 3 aromatic rings. The zero-order chi connectivity index (χ0) is 24.9. The summed E-state index contributed by atoms with van der Waals surface area (Å²) in [6.07, 6.45) is 3.13. The summed E-state index contributed by atoms with van der Waals surface area (Å²) in [5.41, 5.74) is 3.69. The van der Waals surface area contributed by atoms with Gasteiger partial charge < -0.3 is 18.9 Å². The van der Waals surface area contributed by atoms with Gasteiger partial charge >= 0.3 is 5.97 Å². The number of rotatable bonds is 11. The van der Waals surface area contributed by atoms with Gasteiger partial charge in [0.2, 0.25) is 6.79 Å². The molecular weight excluding hydrogens is 447 g/mol. The molecule has 6 heteroatoms. The maximum absolute atomic E-state index is 14.8. The Morgan fingerprint density at radius 1 is 0.914 bits per heavy atom. The zero-order valence-electron chi connectivity index (χ0n) is 19.2. The fraction of sp³-hybridized carbons (Fsp3) is 0.138. The molecule has 0 aliphatic rings. The number of benzene rings is 3. The second kappa shape index (κ2) is 13.4. The Balaban J connectivity index is 1.57. The normalized spacial score (nSPS) is 9.97. The van der Waals surface area contributed by atoms with Gasteiger partial charge in [-0.05, 0) is 53.9 Å². The van der Waals surface area contributed by atoms with Gasteiger partial charge in [-0.15, -0.1) is 0 Å². The average molecular weight is 473 g/mol. The van der Waals surface area contributed by atoms with E-state index >= 15 is 0 Å². The van der Waals surface area contributed by atoms with Crippen LogP contribution in [0.1, 0.15) is 16.7 Å². The second-order valence-corrected chi connectivity index (χ2v) is 7.21. The SMILES string of the molecule is C=COCOCCc1ccc(-c2ccc(C#Cc3ccc(OCOC(=O)C=C)cc3)cc2F)cc1. The number of ether oxygens (including phenoxy) is 4. The summed E-state index contributed by atoms with van der Waals surface area (Å²) in [6.45, 7) is 7.26. The minimum absolute atomic E-state index is 0.177. The van der Waals surface area contributed by atoms with Gasteiger partial charge in [0.25, 0.3) is 0 Å². The molecule has 0 spiro atoms. The number of halogens is 1. The highest BCUT2D eigenvalue weighted by molar-refractivity contribution is 5.81. The predicted octanol–water partition coefficient (Wildman–Crippen LogP) is 5.63. The minimum atomic E-state index is -0.556. The second-order valence-electron chi connectivity index (χ2n) is 7.21. The fourth-order valence-electron chi connectivity index (χ4n) is 3.02. The maximum atomic E-state index is 14.8. The Hall–Kier alpha value is -4.34. The zero-order valence-corrected chi connectivity index (χ0v) is 19.2. The topological polar surface area (TPSA) is 54.0 Å². The molecule has 0 aromatic heterocycles. The van der Waals surface area contributed by atoms with Crippen LogP contribution < -0.4 is 4.74 Å². The van der Waals surface area contributed by atoms with E-state index in [2.05, 4.69) is 25.0 Å². The number of esters is 1. The quantitative estimate of drug-likeness (QED) is 0.0904. The molecule has 0 radical (unpaired) electrons. The summed E-state index contributed by atoms with van der Waals surface area (Å²) in [5, 5.41) is 0. The summed E-state index contributed by atoms with van der Waals surface area (Å²) in [4.78, 5) is 11.0. The van der Waals surface area contributed by atoms with Gasteiger partial charge in [0, 0.05) is 22.8 Å². The number of carbonyl (C=O) groups is 1. The van der Waals surface area contributed by atoms with Crippen molar-refractivity contribution in [3.05, 3.63) is 115 Å². The molecule has 0 aliphatic carbocycles. The molecule has 0 saturated heterocycles. The Labute approximate surface area is 204 Å². The molecule has 0 heterocycles. The largest absolute Gasteiger partial charge is 0.476 e. The lowest BCUT2D eigenvalue weighted by Crippen LogP contribution is -2.07. The molecule has 3 aromatic carbocycles. The average Bonchev–Trinajstić information content (AvgIpc) is 2.88. The van der Waals surface area contributed by atoms with Crippen molar-refractivity contribution in [1.82, 2.24) is 0 Å². The molecule has 0 saturated carbocycles. The van der Waals surface area contributed by atoms with Crippen LogP contribution in [-0.2, 0) is 25.4 Å². The van der Waals surface area contributed by atoms with E-state index in [4.69, 9.17) is 18.9 Å². The first-order valence-electron chi connectivity index (χ1n) is 10.8. The summed E-state index contributed by atoms with van der Waals surface area (Å²) in [5.74, 6) is 5.61. The molecule has 0 aliphatic heterocycles. The summed E-state index contributed by atoms with van der Waals surface area (Å²) in [7, 11) is 0. The van der Waals surface area contributed by atoms with E-state index in [0.29, 0.717) is 23.5 Å². The molecule has 0 atom stereocenters. The highest BCUT2D eigenvalue weighted by Gasteiger charge is 2.06. The van der Waals surface area contributed by atoms with Crippen molar-refractivity contribution in [1.29, 1.82) is 0 Å². The van der Waals surface area contributed by atoms with Crippen molar-refractivity contribution in [2.24, 2.45) is 0 Å². The highest BCUT2D eigenvalue weighted by Crippen LogP contribution is 2.24. The van der Waals surface area contributed by atoms with Gasteiger partial charge in [-0.2, -0.15) is 0 Å². The smallest absolute Gasteiger partial charge is 0.333 e. The van der Waals surface area contributed by atoms with Crippen LogP contribution in [0.3, 0.4) is 0 Å². The Kier molecular flexibility index (Phi) is 9.67. The van der Waals surface area contributed by atoms with E-state index in [1.54, 1.807) is 36.4 Å². The lowest BCUT2D eigenvalue weighted by atomic mass is 10.0. The van der Waals surface area contributed by atoms with E-state index < -0.39 is 5.97 Å². The molecule has 0 amide bonds. The molecule has 0 fully saturated rings. The molecule has 0 unspecified atom stereocenters. The highest BCUT2D eigenvalue weighted by atomic mass is 19.1. The number of hydrogen-bond donors (Lipinski definition) is 0. The van der Waals surface area contributed by atoms with Crippen molar-refractivity contribution < 1.29 is 28.1 Å². The van der Waals surface area contributed by atoms with Crippen LogP contribution in [0.25, 0.3) is 11.1 Å². The van der Waals surface area contributed by atoms with Crippen LogP contribution in [0.15, 0.2) is 92.2 Å². The van der Waals surface area contributed by atoms with Crippen molar-refractivity contribution in [3.8, 4) is 28.7 Å². The lowest BCUT2D eigenvalue weighted by Gasteiger charge is -2.07. The Morgan fingerprint density at radius 3 is 2.31 bits per heavy atom. The van der Waals surface area contributed by atoms with E-state index in [1.807, 2.05) is 24.3 Å². The van der Waals surface area contributed by atoms with E-state index in [-0.39, 0.29) is 19.4 Å². The standard InChI is InChI=1S/C29H25FO5/c1-3-29(31)35-21-34-26-14-9-22(10-15-26)5-6-24-11-16-27(28(30)19-24)25-12-7-23(8-13-25)17-18-33-20-32-4-2/h3-4,7-16,19H,1-2,17-18,20-21H2. The number of carbonyl (C=O) groups excluding carboxylic acids is 1. The van der Waals surface area contributed by atoms with Crippen LogP contribution in [0.2, 0.25) is 0 Å². The third-order valence-electron chi connectivity index (χ3n) is 4.84. The monoisotopic (exact) mass is 472 g/mol. The van der Waals surface area contributed by atoms with Gasteiger partial charge in [-0.3, -0.25) is 0 Å². The van der Waals surface area contributed by atoms with Crippen molar-refractivity contribution in [3.63, 3.8) is 0 Å². The fourth-order valence-corrected chi connectivity index (χ4v) is 3.02. The van der Waals surface area contributed by atoms with E-state index in [9.17, 15) is 9.18 Å². The molecule has 178 valence electrons. The third-order valence-corrected chi connectivity index (χ3v) is 4.84. The van der Waals surface area contributed by atoms with Crippen molar-refractivity contribution >= 4 is 5.97 Å². The predicted molar refractivity (Wildman–Crippen MR) is 132 cm³/mol. The van der Waals surface area contributed by atoms with Crippen molar-refractivity contribution in [2.75, 3.05) is 20.2 Å². The summed E-state index contributed by atoms with van der Waals surface area (Å²) in [6, 6.07) is 19.6.